The van der Waals surface area contributed by atoms with Crippen LogP contribution in [0, 0.1) is 0 Å². The smallest absolute Gasteiger partial charge is 0.370 e. The number of para-hydroxylation sites is 3. The molecule has 9 heteroatoms. The zero-order valence-electron chi connectivity index (χ0n) is 14.8. The molecule has 4 rings (SSSR count). The van der Waals surface area contributed by atoms with Crippen LogP contribution < -0.4 is 4.90 Å². The molecular formula is C19H18F3N3O2S. The zero-order valence-corrected chi connectivity index (χ0v) is 15.6. The molecule has 0 bridgehead atoms. The molecule has 28 heavy (non-hydrogen) atoms. The fourth-order valence-corrected chi connectivity index (χ4v) is 4.61. The van der Waals surface area contributed by atoms with Crippen molar-refractivity contribution in [3.05, 3.63) is 54.4 Å². The standard InChI is InChI=1S/C19H18F3N3O2S/c20-19(21,22)28(26,27)17-8-4-3-7-16(17)25-11-9-13(10-12-25)18-23-14-5-1-2-6-15(14)24-18/h1-8,13H,9-12H2,(H,23,24). The van der Waals surface area contributed by atoms with Gasteiger partial charge in [-0.25, -0.2) is 13.4 Å². The lowest BCUT2D eigenvalue weighted by Crippen LogP contribution is -2.35. The van der Waals surface area contributed by atoms with Crippen molar-refractivity contribution in [3.63, 3.8) is 0 Å². The predicted octanol–water partition coefficient (Wildman–Crippen LogP) is 4.24. The third-order valence-corrected chi connectivity index (χ3v) is 6.62. The Balaban J connectivity index is 1.56. The van der Waals surface area contributed by atoms with Crippen molar-refractivity contribution in [3.8, 4) is 0 Å². The first-order valence-electron chi connectivity index (χ1n) is 8.87. The lowest BCUT2D eigenvalue weighted by Gasteiger charge is -2.34. The van der Waals surface area contributed by atoms with Crippen LogP contribution in [-0.4, -0.2) is 37.0 Å². The number of halogens is 3. The van der Waals surface area contributed by atoms with E-state index in [1.54, 1.807) is 11.0 Å². The molecule has 0 spiro atoms. The molecule has 0 atom stereocenters. The number of alkyl halides is 3. The first-order valence-corrected chi connectivity index (χ1v) is 10.4. The Hall–Kier alpha value is -2.55. The number of fused-ring (bicyclic) bond motifs is 1. The van der Waals surface area contributed by atoms with Crippen LogP contribution in [0.1, 0.15) is 24.6 Å². The van der Waals surface area contributed by atoms with Gasteiger partial charge in [0.15, 0.2) is 0 Å². The molecule has 0 radical (unpaired) electrons. The Morgan fingerprint density at radius 2 is 1.64 bits per heavy atom. The van der Waals surface area contributed by atoms with Crippen LogP contribution in [0.2, 0.25) is 0 Å². The van der Waals surface area contributed by atoms with E-state index in [1.807, 2.05) is 24.3 Å². The minimum Gasteiger partial charge on any atom is -0.370 e. The topological polar surface area (TPSA) is 66.1 Å². The molecule has 3 aromatic rings. The number of rotatable bonds is 3. The number of benzene rings is 2. The van der Waals surface area contributed by atoms with E-state index >= 15 is 0 Å². The van der Waals surface area contributed by atoms with Crippen LogP contribution in [-0.2, 0) is 9.84 Å². The van der Waals surface area contributed by atoms with Crippen molar-refractivity contribution in [1.82, 2.24) is 9.97 Å². The maximum atomic E-state index is 13.0. The molecule has 1 N–H and O–H groups in total. The number of nitrogens with one attached hydrogen (secondary N) is 1. The highest BCUT2D eigenvalue weighted by Crippen LogP contribution is 2.38. The number of aromatic amines is 1. The quantitative estimate of drug-likeness (QED) is 0.703. The van der Waals surface area contributed by atoms with Gasteiger partial charge in [-0.2, -0.15) is 13.2 Å². The van der Waals surface area contributed by atoms with Crippen molar-refractivity contribution in [2.24, 2.45) is 0 Å². The van der Waals surface area contributed by atoms with E-state index < -0.39 is 20.2 Å². The molecule has 1 aliphatic heterocycles. The number of H-pyrrole nitrogens is 1. The number of nitrogens with zero attached hydrogens (tertiary/aromatic N) is 2. The first kappa shape index (κ1) is 18.8. The fraction of sp³-hybridized carbons (Fsp3) is 0.316. The van der Waals surface area contributed by atoms with Crippen LogP contribution >= 0.6 is 0 Å². The summed E-state index contributed by atoms with van der Waals surface area (Å²) in [4.78, 5) is 8.92. The molecule has 148 valence electrons. The summed E-state index contributed by atoms with van der Waals surface area (Å²) in [6.07, 6.45) is 1.33. The number of aromatic nitrogens is 2. The molecule has 0 saturated carbocycles. The third kappa shape index (κ3) is 3.23. The van der Waals surface area contributed by atoms with Gasteiger partial charge in [-0.1, -0.05) is 24.3 Å². The van der Waals surface area contributed by atoms with Gasteiger partial charge in [0.05, 0.1) is 21.6 Å². The average molecular weight is 409 g/mol. The first-order chi connectivity index (χ1) is 13.3. The maximum absolute atomic E-state index is 13.0. The number of sulfone groups is 1. The lowest BCUT2D eigenvalue weighted by atomic mass is 9.96. The van der Waals surface area contributed by atoms with Gasteiger partial charge in [-0.3, -0.25) is 0 Å². The monoisotopic (exact) mass is 409 g/mol. The summed E-state index contributed by atoms with van der Waals surface area (Å²) in [6, 6.07) is 13.0. The van der Waals surface area contributed by atoms with E-state index in [4.69, 9.17) is 0 Å². The highest BCUT2D eigenvalue weighted by Gasteiger charge is 2.48. The third-order valence-electron chi connectivity index (χ3n) is 5.09. The lowest BCUT2D eigenvalue weighted by molar-refractivity contribution is -0.0435. The molecule has 0 aliphatic carbocycles. The molecular weight excluding hydrogens is 391 g/mol. The summed E-state index contributed by atoms with van der Waals surface area (Å²) < 4.78 is 63.0. The zero-order chi connectivity index (χ0) is 19.9. The summed E-state index contributed by atoms with van der Waals surface area (Å²) >= 11 is 0. The number of hydrogen-bond acceptors (Lipinski definition) is 4. The Labute approximate surface area is 160 Å². The number of imidazole rings is 1. The number of piperidine rings is 1. The van der Waals surface area contributed by atoms with Crippen LogP contribution in [0.25, 0.3) is 11.0 Å². The number of anilines is 1. The molecule has 1 fully saturated rings. The van der Waals surface area contributed by atoms with E-state index in [1.165, 1.54) is 12.1 Å². The van der Waals surface area contributed by atoms with Crippen LogP contribution in [0.3, 0.4) is 0 Å². The van der Waals surface area contributed by atoms with Crippen molar-refractivity contribution >= 4 is 26.6 Å². The molecule has 0 unspecified atom stereocenters. The van der Waals surface area contributed by atoms with Gasteiger partial charge >= 0.3 is 5.51 Å². The van der Waals surface area contributed by atoms with E-state index in [2.05, 4.69) is 9.97 Å². The normalized spacial score (nSPS) is 16.6. The molecule has 2 heterocycles. The van der Waals surface area contributed by atoms with Crippen LogP contribution in [0.5, 0.6) is 0 Å². The highest BCUT2D eigenvalue weighted by atomic mass is 32.2. The Kier molecular flexibility index (Phi) is 4.57. The van der Waals surface area contributed by atoms with Gasteiger partial charge in [-0.15, -0.1) is 0 Å². The Morgan fingerprint density at radius 1 is 1.00 bits per heavy atom. The summed E-state index contributed by atoms with van der Waals surface area (Å²) in [5.74, 6) is 1.01. The van der Waals surface area contributed by atoms with Gasteiger partial charge in [0, 0.05) is 19.0 Å². The summed E-state index contributed by atoms with van der Waals surface area (Å²) in [6.45, 7) is 0.901. The minimum absolute atomic E-state index is 0.0999. The second-order valence-electron chi connectivity index (χ2n) is 6.82. The van der Waals surface area contributed by atoms with Gasteiger partial charge in [0.2, 0.25) is 0 Å². The second-order valence-corrected chi connectivity index (χ2v) is 8.73. The van der Waals surface area contributed by atoms with E-state index in [-0.39, 0.29) is 11.6 Å². The van der Waals surface area contributed by atoms with Gasteiger partial charge in [-0.05, 0) is 37.1 Å². The van der Waals surface area contributed by atoms with E-state index in [9.17, 15) is 21.6 Å². The minimum atomic E-state index is -5.40. The Bertz CT molecular complexity index is 1070. The largest absolute Gasteiger partial charge is 0.501 e. The second kappa shape index (κ2) is 6.80. The molecule has 1 saturated heterocycles. The molecule has 0 amide bonds. The van der Waals surface area contributed by atoms with E-state index in [0.29, 0.717) is 25.9 Å². The van der Waals surface area contributed by atoms with Gasteiger partial charge in [0.25, 0.3) is 9.84 Å². The van der Waals surface area contributed by atoms with E-state index in [0.717, 1.165) is 22.9 Å². The molecule has 2 aromatic carbocycles. The maximum Gasteiger partial charge on any atom is 0.501 e. The average Bonchev–Trinajstić information content (AvgIpc) is 3.11. The van der Waals surface area contributed by atoms with Gasteiger partial charge in [0.1, 0.15) is 5.82 Å². The SMILES string of the molecule is O=S(=O)(c1ccccc1N1CCC(c2nc3ccccc3[nH]2)CC1)C(F)(F)F. The number of hydrogen-bond donors (Lipinski definition) is 1. The molecule has 1 aromatic heterocycles. The van der Waals surface area contributed by atoms with Crippen LogP contribution in [0.4, 0.5) is 18.9 Å². The summed E-state index contributed by atoms with van der Waals surface area (Å²) in [7, 11) is -5.40. The highest BCUT2D eigenvalue weighted by molar-refractivity contribution is 7.92. The predicted molar refractivity (Wildman–Crippen MR) is 100.0 cm³/mol. The molecule has 1 aliphatic rings. The summed E-state index contributed by atoms with van der Waals surface area (Å²) in [5, 5.41) is 0. The van der Waals surface area contributed by atoms with Crippen molar-refractivity contribution in [2.45, 2.75) is 29.2 Å². The summed E-state index contributed by atoms with van der Waals surface area (Å²) in [5.41, 5.74) is -3.40. The van der Waals surface area contributed by atoms with Gasteiger partial charge < -0.3 is 9.88 Å². The van der Waals surface area contributed by atoms with Crippen molar-refractivity contribution in [2.75, 3.05) is 18.0 Å². The Morgan fingerprint density at radius 3 is 2.32 bits per heavy atom. The van der Waals surface area contributed by atoms with Crippen molar-refractivity contribution < 1.29 is 21.6 Å². The molecule has 5 nitrogen and oxygen atoms in total. The fourth-order valence-electron chi connectivity index (χ4n) is 3.63. The van der Waals surface area contributed by atoms with Crippen molar-refractivity contribution in [1.29, 1.82) is 0 Å². The van der Waals surface area contributed by atoms with Crippen LogP contribution in [0.15, 0.2) is 53.4 Å².